The summed E-state index contributed by atoms with van der Waals surface area (Å²) < 4.78 is 27.2. The lowest BCUT2D eigenvalue weighted by atomic mass is 10.1. The third kappa shape index (κ3) is 6.77. The zero-order valence-electron chi connectivity index (χ0n) is 11.9. The Morgan fingerprint density at radius 2 is 2.05 bits per heavy atom. The molecule has 1 aromatic carbocycles. The van der Waals surface area contributed by atoms with Crippen molar-refractivity contribution < 1.29 is 18.1 Å². The summed E-state index contributed by atoms with van der Waals surface area (Å²) in [6, 6.07) is 4.45. The van der Waals surface area contributed by atoms with E-state index in [9.17, 15) is 18.5 Å². The maximum atomic E-state index is 10.8. The Bertz CT molecular complexity index is 603. The van der Waals surface area contributed by atoms with Crippen LogP contribution in [0.4, 0.5) is 5.69 Å². The van der Waals surface area contributed by atoms with Crippen molar-refractivity contribution in [2.45, 2.75) is 26.7 Å². The van der Waals surface area contributed by atoms with Crippen LogP contribution in [-0.2, 0) is 9.05 Å². The highest BCUT2D eigenvalue weighted by Crippen LogP contribution is 2.24. The second kappa shape index (κ2) is 7.61. The molecule has 1 unspecified atom stereocenters. The number of halogens is 1. The first-order valence-electron chi connectivity index (χ1n) is 6.49. The van der Waals surface area contributed by atoms with Gasteiger partial charge in [0.25, 0.3) is 5.69 Å². The van der Waals surface area contributed by atoms with Crippen molar-refractivity contribution in [3.05, 3.63) is 33.9 Å². The second-order valence-corrected chi connectivity index (χ2v) is 7.88. The van der Waals surface area contributed by atoms with Gasteiger partial charge in [-0.25, -0.2) is 8.42 Å². The molecule has 118 valence electrons. The molecule has 0 fully saturated rings. The number of rotatable bonds is 8. The van der Waals surface area contributed by atoms with Gasteiger partial charge in [0.05, 0.1) is 23.3 Å². The van der Waals surface area contributed by atoms with Gasteiger partial charge in [0.2, 0.25) is 9.05 Å². The Labute approximate surface area is 128 Å². The van der Waals surface area contributed by atoms with E-state index in [-0.39, 0.29) is 17.4 Å². The number of hydrogen-bond donors (Lipinski definition) is 0. The third-order valence-electron chi connectivity index (χ3n) is 3.11. The fourth-order valence-electron chi connectivity index (χ4n) is 1.71. The van der Waals surface area contributed by atoms with Crippen molar-refractivity contribution in [1.29, 1.82) is 0 Å². The van der Waals surface area contributed by atoms with Crippen molar-refractivity contribution >= 4 is 25.4 Å². The van der Waals surface area contributed by atoms with Crippen LogP contribution in [0.2, 0.25) is 0 Å². The van der Waals surface area contributed by atoms with E-state index >= 15 is 0 Å². The van der Waals surface area contributed by atoms with Crippen LogP contribution in [0.1, 0.15) is 25.3 Å². The molecule has 8 heteroatoms. The van der Waals surface area contributed by atoms with Crippen molar-refractivity contribution in [3.8, 4) is 5.75 Å². The van der Waals surface area contributed by atoms with Crippen molar-refractivity contribution in [1.82, 2.24) is 0 Å². The molecular weight excluding hydrogens is 318 g/mol. The molecule has 6 nitrogen and oxygen atoms in total. The molecule has 0 amide bonds. The van der Waals surface area contributed by atoms with Gasteiger partial charge in [0.1, 0.15) is 5.75 Å². The van der Waals surface area contributed by atoms with Crippen LogP contribution in [0.5, 0.6) is 5.75 Å². The van der Waals surface area contributed by atoms with Crippen molar-refractivity contribution in [3.63, 3.8) is 0 Å². The maximum absolute atomic E-state index is 10.8. The second-order valence-electron chi connectivity index (χ2n) is 4.98. The average Bonchev–Trinajstić information content (AvgIpc) is 2.37. The summed E-state index contributed by atoms with van der Waals surface area (Å²) in [5.41, 5.74) is 0.800. The van der Waals surface area contributed by atoms with Gasteiger partial charge < -0.3 is 4.74 Å². The Kier molecular flexibility index (Phi) is 6.42. The number of nitro groups is 1. The molecule has 1 rings (SSSR count). The summed E-state index contributed by atoms with van der Waals surface area (Å²) in [7, 11) is 1.69. The molecular formula is C13H18ClNO5S. The molecule has 21 heavy (non-hydrogen) atoms. The number of nitro benzene ring substituents is 1. The largest absolute Gasteiger partial charge is 0.493 e. The molecule has 0 saturated carbocycles. The van der Waals surface area contributed by atoms with E-state index in [0.717, 1.165) is 5.56 Å². The molecule has 0 saturated heterocycles. The number of nitrogens with zero attached hydrogens (tertiary/aromatic N) is 1. The van der Waals surface area contributed by atoms with Crippen LogP contribution < -0.4 is 4.74 Å². The Morgan fingerprint density at radius 1 is 1.38 bits per heavy atom. The van der Waals surface area contributed by atoms with E-state index in [1.54, 1.807) is 6.07 Å². The first-order chi connectivity index (χ1) is 9.69. The van der Waals surface area contributed by atoms with Crippen LogP contribution in [-0.4, -0.2) is 25.7 Å². The fraction of sp³-hybridized carbons (Fsp3) is 0.538. The molecule has 0 aliphatic carbocycles. The topological polar surface area (TPSA) is 86.5 Å². The van der Waals surface area contributed by atoms with Crippen LogP contribution >= 0.6 is 10.7 Å². The first kappa shape index (κ1) is 17.7. The molecule has 0 aromatic heterocycles. The number of aryl methyl sites for hydroxylation is 1. The normalized spacial score (nSPS) is 12.9. The zero-order valence-corrected chi connectivity index (χ0v) is 13.5. The van der Waals surface area contributed by atoms with Gasteiger partial charge in [-0.2, -0.15) is 0 Å². The van der Waals surface area contributed by atoms with Gasteiger partial charge >= 0.3 is 0 Å². The summed E-state index contributed by atoms with van der Waals surface area (Å²) in [4.78, 5) is 10.2. The quantitative estimate of drug-likeness (QED) is 0.413. The zero-order chi connectivity index (χ0) is 16.0. The molecule has 0 spiro atoms. The Hall–Kier alpha value is -1.34. The predicted octanol–water partition coefficient (Wildman–Crippen LogP) is 3.27. The van der Waals surface area contributed by atoms with E-state index in [4.69, 9.17) is 15.4 Å². The average molecular weight is 336 g/mol. The number of benzene rings is 1. The lowest BCUT2D eigenvalue weighted by Gasteiger charge is -2.12. The van der Waals surface area contributed by atoms with Crippen LogP contribution in [0.15, 0.2) is 18.2 Å². The molecule has 0 N–H and O–H groups in total. The smallest absolute Gasteiger partial charge is 0.273 e. The number of non-ortho nitro benzene ring substituents is 1. The van der Waals surface area contributed by atoms with Crippen LogP contribution in [0.25, 0.3) is 0 Å². The lowest BCUT2D eigenvalue weighted by Crippen LogP contribution is -2.09. The number of ether oxygens (including phenoxy) is 1. The molecule has 0 bridgehead atoms. The SMILES string of the molecule is Cc1ccc([N+](=O)[O-])cc1OCCC(C)CCS(=O)(=O)Cl. The van der Waals surface area contributed by atoms with Crippen LogP contribution in [0.3, 0.4) is 0 Å². The summed E-state index contributed by atoms with van der Waals surface area (Å²) in [6.07, 6.45) is 1.11. The van der Waals surface area contributed by atoms with Gasteiger partial charge in [0.15, 0.2) is 0 Å². The Morgan fingerprint density at radius 3 is 2.62 bits per heavy atom. The van der Waals surface area contributed by atoms with Gasteiger partial charge in [-0.15, -0.1) is 0 Å². The first-order valence-corrected chi connectivity index (χ1v) is 8.97. The molecule has 0 radical (unpaired) electrons. The monoisotopic (exact) mass is 335 g/mol. The summed E-state index contributed by atoms with van der Waals surface area (Å²) in [5, 5.41) is 10.7. The van der Waals surface area contributed by atoms with Gasteiger partial charge in [-0.1, -0.05) is 6.92 Å². The van der Waals surface area contributed by atoms with Crippen LogP contribution in [0, 0.1) is 23.0 Å². The predicted molar refractivity (Wildman–Crippen MR) is 81.4 cm³/mol. The van der Waals surface area contributed by atoms with Gasteiger partial charge in [0, 0.05) is 16.7 Å². The van der Waals surface area contributed by atoms with Crippen molar-refractivity contribution in [2.24, 2.45) is 5.92 Å². The van der Waals surface area contributed by atoms with Crippen molar-refractivity contribution in [2.75, 3.05) is 12.4 Å². The standard InChI is InChI=1S/C13H18ClNO5S/c1-10(6-8-21(14,18)19)5-7-20-13-9-12(15(16)17)4-3-11(13)2/h3-4,9-10H,5-8H2,1-2H3. The summed E-state index contributed by atoms with van der Waals surface area (Å²) >= 11 is 0. The molecule has 0 aliphatic rings. The highest BCUT2D eigenvalue weighted by atomic mass is 35.7. The lowest BCUT2D eigenvalue weighted by molar-refractivity contribution is -0.384. The minimum Gasteiger partial charge on any atom is -0.493 e. The van der Waals surface area contributed by atoms with E-state index in [0.29, 0.717) is 25.2 Å². The minimum atomic E-state index is -3.46. The molecule has 1 aromatic rings. The number of hydrogen-bond acceptors (Lipinski definition) is 5. The summed E-state index contributed by atoms with van der Waals surface area (Å²) in [5.74, 6) is 0.546. The molecule has 0 heterocycles. The van der Waals surface area contributed by atoms with Gasteiger partial charge in [-0.05, 0) is 37.3 Å². The Balaban J connectivity index is 2.48. The minimum absolute atomic E-state index is 0.0168. The van der Waals surface area contributed by atoms with Gasteiger partial charge in [-0.3, -0.25) is 10.1 Å². The van der Waals surface area contributed by atoms with E-state index in [1.807, 2.05) is 13.8 Å². The molecule has 1 atom stereocenters. The van der Waals surface area contributed by atoms with E-state index in [2.05, 4.69) is 0 Å². The van der Waals surface area contributed by atoms with E-state index in [1.165, 1.54) is 12.1 Å². The highest BCUT2D eigenvalue weighted by molar-refractivity contribution is 8.13. The third-order valence-corrected chi connectivity index (χ3v) is 4.29. The maximum Gasteiger partial charge on any atom is 0.273 e. The van der Waals surface area contributed by atoms with E-state index < -0.39 is 14.0 Å². The summed E-state index contributed by atoms with van der Waals surface area (Å²) in [6.45, 7) is 4.08. The fourth-order valence-corrected chi connectivity index (χ4v) is 2.67. The molecule has 0 aliphatic heterocycles. The highest BCUT2D eigenvalue weighted by Gasteiger charge is 2.12.